The van der Waals surface area contributed by atoms with Gasteiger partial charge in [0.05, 0.1) is 0 Å². The lowest BCUT2D eigenvalue weighted by Crippen LogP contribution is -2.24. The van der Waals surface area contributed by atoms with Gasteiger partial charge in [0.2, 0.25) is 0 Å². The predicted octanol–water partition coefficient (Wildman–Crippen LogP) is 2.50. The molecule has 0 aromatic carbocycles. The molecule has 0 bridgehead atoms. The molecule has 1 aliphatic carbocycles. The Labute approximate surface area is 92.1 Å². The third-order valence-corrected chi connectivity index (χ3v) is 3.12. The number of fused-ring (bicyclic) bond motifs is 1. The molecule has 1 unspecified atom stereocenters. The van der Waals surface area contributed by atoms with Crippen molar-refractivity contribution >= 4 is 0 Å². The molecule has 1 aromatic heterocycles. The molecule has 82 valence electrons. The van der Waals surface area contributed by atoms with Crippen LogP contribution in [-0.2, 0) is 6.42 Å². The summed E-state index contributed by atoms with van der Waals surface area (Å²) < 4.78 is 0. The molecule has 0 radical (unpaired) electrons. The summed E-state index contributed by atoms with van der Waals surface area (Å²) in [6, 6.07) is 4.86. The van der Waals surface area contributed by atoms with Crippen molar-refractivity contribution in [3.8, 4) is 0 Å². The van der Waals surface area contributed by atoms with Gasteiger partial charge in [-0.05, 0) is 37.4 Å². The lowest BCUT2D eigenvalue weighted by Gasteiger charge is -2.12. The molecule has 0 fully saturated rings. The van der Waals surface area contributed by atoms with E-state index in [1.165, 1.54) is 30.5 Å². The average molecular weight is 204 g/mol. The van der Waals surface area contributed by atoms with E-state index < -0.39 is 0 Å². The summed E-state index contributed by atoms with van der Waals surface area (Å²) in [5.74, 6) is 0.687. The lowest BCUT2D eigenvalue weighted by atomic mass is 10.0. The van der Waals surface area contributed by atoms with E-state index >= 15 is 0 Å². The highest BCUT2D eigenvalue weighted by Gasteiger charge is 2.22. The van der Waals surface area contributed by atoms with Crippen LogP contribution in [0, 0.1) is 0 Å². The second kappa shape index (κ2) is 4.75. The van der Waals surface area contributed by atoms with E-state index in [0.29, 0.717) is 12.0 Å². The largest absolute Gasteiger partial charge is 0.315 e. The van der Waals surface area contributed by atoms with Gasteiger partial charge in [-0.15, -0.1) is 0 Å². The number of nitrogens with one attached hydrogen (secondary N) is 1. The SMILES string of the molecule is CC(C)NCCC1CCc2cccnc21. The van der Waals surface area contributed by atoms with Crippen LogP contribution in [0.3, 0.4) is 0 Å². The summed E-state index contributed by atoms with van der Waals surface area (Å²) in [5.41, 5.74) is 2.81. The molecular formula is C13H20N2. The minimum atomic E-state index is 0.592. The third kappa shape index (κ3) is 2.57. The summed E-state index contributed by atoms with van der Waals surface area (Å²) >= 11 is 0. The number of pyridine rings is 1. The van der Waals surface area contributed by atoms with Crippen LogP contribution in [-0.4, -0.2) is 17.6 Å². The molecule has 1 heterocycles. The summed E-state index contributed by atoms with van der Waals surface area (Å²) in [6.45, 7) is 5.50. The number of hydrogen-bond donors (Lipinski definition) is 1. The van der Waals surface area contributed by atoms with Gasteiger partial charge in [-0.1, -0.05) is 19.9 Å². The zero-order chi connectivity index (χ0) is 10.7. The molecule has 1 atom stereocenters. The van der Waals surface area contributed by atoms with Crippen LogP contribution in [0.2, 0.25) is 0 Å². The van der Waals surface area contributed by atoms with Crippen molar-refractivity contribution in [2.24, 2.45) is 0 Å². The zero-order valence-corrected chi connectivity index (χ0v) is 9.66. The molecule has 0 amide bonds. The van der Waals surface area contributed by atoms with Crippen LogP contribution in [0.5, 0.6) is 0 Å². The van der Waals surface area contributed by atoms with Crippen LogP contribution in [0.1, 0.15) is 43.9 Å². The van der Waals surface area contributed by atoms with Crippen molar-refractivity contribution in [1.29, 1.82) is 0 Å². The van der Waals surface area contributed by atoms with Crippen LogP contribution in [0.4, 0.5) is 0 Å². The second-order valence-corrected chi connectivity index (χ2v) is 4.68. The summed E-state index contributed by atoms with van der Waals surface area (Å²) in [7, 11) is 0. The van der Waals surface area contributed by atoms with Gasteiger partial charge in [0, 0.05) is 23.9 Å². The smallest absolute Gasteiger partial charge is 0.0467 e. The van der Waals surface area contributed by atoms with Crippen molar-refractivity contribution in [2.75, 3.05) is 6.54 Å². The zero-order valence-electron chi connectivity index (χ0n) is 9.66. The van der Waals surface area contributed by atoms with Crippen molar-refractivity contribution < 1.29 is 0 Å². The number of aryl methyl sites for hydroxylation is 1. The minimum Gasteiger partial charge on any atom is -0.315 e. The predicted molar refractivity (Wildman–Crippen MR) is 63.1 cm³/mol. The van der Waals surface area contributed by atoms with Gasteiger partial charge in [-0.2, -0.15) is 0 Å². The first-order valence-electron chi connectivity index (χ1n) is 5.94. The van der Waals surface area contributed by atoms with E-state index in [0.717, 1.165) is 6.54 Å². The van der Waals surface area contributed by atoms with Crippen molar-refractivity contribution in [2.45, 2.75) is 45.1 Å². The first kappa shape index (κ1) is 10.6. The average Bonchev–Trinajstić information content (AvgIpc) is 2.62. The molecule has 0 saturated carbocycles. The third-order valence-electron chi connectivity index (χ3n) is 3.12. The maximum absolute atomic E-state index is 4.51. The van der Waals surface area contributed by atoms with Gasteiger partial charge in [-0.3, -0.25) is 4.98 Å². The van der Waals surface area contributed by atoms with Gasteiger partial charge < -0.3 is 5.32 Å². The first-order chi connectivity index (χ1) is 7.27. The molecule has 15 heavy (non-hydrogen) atoms. The molecule has 1 aromatic rings. The fraction of sp³-hybridized carbons (Fsp3) is 0.615. The highest BCUT2D eigenvalue weighted by atomic mass is 14.9. The Morgan fingerprint density at radius 2 is 2.40 bits per heavy atom. The maximum Gasteiger partial charge on any atom is 0.0467 e. The van der Waals surface area contributed by atoms with E-state index in [1.54, 1.807) is 0 Å². The topological polar surface area (TPSA) is 24.9 Å². The molecule has 2 nitrogen and oxygen atoms in total. The summed E-state index contributed by atoms with van der Waals surface area (Å²) in [6.07, 6.45) is 5.65. The van der Waals surface area contributed by atoms with Crippen LogP contribution in [0.15, 0.2) is 18.3 Å². The Bertz CT molecular complexity index is 320. The minimum absolute atomic E-state index is 0.592. The monoisotopic (exact) mass is 204 g/mol. The van der Waals surface area contributed by atoms with Gasteiger partial charge in [-0.25, -0.2) is 0 Å². The Morgan fingerprint density at radius 3 is 3.20 bits per heavy atom. The van der Waals surface area contributed by atoms with Gasteiger partial charge >= 0.3 is 0 Å². The summed E-state index contributed by atoms with van der Waals surface area (Å²) in [5, 5.41) is 3.48. The van der Waals surface area contributed by atoms with E-state index in [-0.39, 0.29) is 0 Å². The fourth-order valence-electron chi connectivity index (χ4n) is 2.32. The molecular weight excluding hydrogens is 184 g/mol. The van der Waals surface area contributed by atoms with Gasteiger partial charge in [0.15, 0.2) is 0 Å². The maximum atomic E-state index is 4.51. The molecule has 1 aliphatic rings. The molecule has 0 aliphatic heterocycles. The quantitative estimate of drug-likeness (QED) is 0.815. The first-order valence-corrected chi connectivity index (χ1v) is 5.94. The Balaban J connectivity index is 1.90. The number of nitrogens with zero attached hydrogens (tertiary/aromatic N) is 1. The van der Waals surface area contributed by atoms with E-state index in [9.17, 15) is 0 Å². The number of aromatic nitrogens is 1. The Hall–Kier alpha value is -0.890. The standard InChI is InChI=1S/C13H20N2/c1-10(2)14-9-7-12-6-5-11-4-3-8-15-13(11)12/h3-4,8,10,12,14H,5-7,9H2,1-2H3. The van der Waals surface area contributed by atoms with Gasteiger partial charge in [0.25, 0.3) is 0 Å². The summed E-state index contributed by atoms with van der Waals surface area (Å²) in [4.78, 5) is 4.51. The van der Waals surface area contributed by atoms with Crippen molar-refractivity contribution in [3.63, 3.8) is 0 Å². The van der Waals surface area contributed by atoms with E-state index in [2.05, 4.69) is 30.2 Å². The lowest BCUT2D eigenvalue weighted by molar-refractivity contribution is 0.519. The fourth-order valence-corrected chi connectivity index (χ4v) is 2.32. The molecule has 0 saturated heterocycles. The number of hydrogen-bond acceptors (Lipinski definition) is 2. The molecule has 2 rings (SSSR count). The normalized spacial score (nSPS) is 19.5. The van der Waals surface area contributed by atoms with E-state index in [1.807, 2.05) is 12.3 Å². The van der Waals surface area contributed by atoms with Crippen LogP contribution >= 0.6 is 0 Å². The highest BCUT2D eigenvalue weighted by molar-refractivity contribution is 5.28. The molecule has 1 N–H and O–H groups in total. The number of rotatable bonds is 4. The molecule has 0 spiro atoms. The van der Waals surface area contributed by atoms with Crippen LogP contribution < -0.4 is 5.32 Å². The molecule has 2 heteroatoms. The Kier molecular flexibility index (Phi) is 3.37. The van der Waals surface area contributed by atoms with Gasteiger partial charge in [0.1, 0.15) is 0 Å². The van der Waals surface area contributed by atoms with Crippen LogP contribution in [0.25, 0.3) is 0 Å². The second-order valence-electron chi connectivity index (χ2n) is 4.68. The van der Waals surface area contributed by atoms with Crippen molar-refractivity contribution in [3.05, 3.63) is 29.6 Å². The Morgan fingerprint density at radius 1 is 1.53 bits per heavy atom. The van der Waals surface area contributed by atoms with Crippen molar-refractivity contribution in [1.82, 2.24) is 10.3 Å². The van der Waals surface area contributed by atoms with E-state index in [4.69, 9.17) is 0 Å². The highest BCUT2D eigenvalue weighted by Crippen LogP contribution is 2.33.